The van der Waals surface area contributed by atoms with E-state index in [0.717, 1.165) is 31.4 Å². The Bertz CT molecular complexity index is 950. The van der Waals surface area contributed by atoms with E-state index in [0.29, 0.717) is 21.5 Å². The number of thioether (sulfide) groups is 1. The quantitative estimate of drug-likeness (QED) is 0.648. The summed E-state index contributed by atoms with van der Waals surface area (Å²) in [6.45, 7) is 1.92. The zero-order valence-electron chi connectivity index (χ0n) is 15.8. The van der Waals surface area contributed by atoms with Crippen molar-refractivity contribution in [2.75, 3.05) is 0 Å². The minimum Gasteiger partial charge on any atom is -0.283 e. The highest BCUT2D eigenvalue weighted by Gasteiger charge is 2.38. The minimum atomic E-state index is -0.313. The summed E-state index contributed by atoms with van der Waals surface area (Å²) in [6, 6.07) is 12.1. The van der Waals surface area contributed by atoms with Gasteiger partial charge in [-0.25, -0.2) is 14.4 Å². The van der Waals surface area contributed by atoms with Crippen molar-refractivity contribution < 1.29 is 9.18 Å². The standard InChI is InChI=1S/C22H22FN3OS/c1-15-7-5-12-20(24-15)25-22-26(18-10-3-2-4-11-18)21(27)19(28-22)14-16-8-6-9-17(23)13-16/h5-9,12-14,18H,2-4,10-11H2,1H3/b19-14-,25-22+. The van der Waals surface area contributed by atoms with E-state index < -0.39 is 0 Å². The molecule has 1 saturated heterocycles. The lowest BCUT2D eigenvalue weighted by Crippen LogP contribution is -2.40. The Morgan fingerprint density at radius 2 is 1.96 bits per heavy atom. The van der Waals surface area contributed by atoms with Crippen molar-refractivity contribution in [3.05, 3.63) is 64.4 Å². The number of aliphatic imine (C=N–C) groups is 1. The molecule has 1 amide bonds. The number of hydrogen-bond donors (Lipinski definition) is 0. The van der Waals surface area contributed by atoms with Crippen LogP contribution < -0.4 is 0 Å². The Balaban J connectivity index is 1.71. The highest BCUT2D eigenvalue weighted by atomic mass is 32.2. The van der Waals surface area contributed by atoms with Crippen LogP contribution in [-0.2, 0) is 4.79 Å². The highest BCUT2D eigenvalue weighted by Crippen LogP contribution is 2.38. The highest BCUT2D eigenvalue weighted by molar-refractivity contribution is 8.18. The Labute approximate surface area is 168 Å². The third-order valence-corrected chi connectivity index (χ3v) is 5.99. The third kappa shape index (κ3) is 4.17. The maximum absolute atomic E-state index is 13.5. The second kappa shape index (κ2) is 8.27. The molecule has 0 spiro atoms. The number of carbonyl (C=O) groups is 1. The van der Waals surface area contributed by atoms with E-state index in [4.69, 9.17) is 4.99 Å². The number of carbonyl (C=O) groups excluding carboxylic acids is 1. The number of pyridine rings is 1. The van der Waals surface area contributed by atoms with Gasteiger partial charge in [0.15, 0.2) is 11.0 Å². The molecule has 4 rings (SSSR count). The van der Waals surface area contributed by atoms with Crippen LogP contribution in [0.15, 0.2) is 52.4 Å². The van der Waals surface area contributed by atoms with E-state index >= 15 is 0 Å². The second-order valence-corrected chi connectivity index (χ2v) is 8.17. The number of rotatable bonds is 3. The summed E-state index contributed by atoms with van der Waals surface area (Å²) in [4.78, 5) is 24.8. The SMILES string of the molecule is Cc1cccc(/N=C2/S/C(=C\c3cccc(F)c3)C(=O)N2C2CCCCC2)n1. The number of amidine groups is 1. The van der Waals surface area contributed by atoms with Crippen LogP contribution in [0.4, 0.5) is 10.2 Å². The first kappa shape index (κ1) is 18.9. The van der Waals surface area contributed by atoms with Crippen molar-refractivity contribution in [3.8, 4) is 0 Å². The molecule has 28 heavy (non-hydrogen) atoms. The first-order valence-corrected chi connectivity index (χ1v) is 10.4. The molecule has 1 aromatic heterocycles. The Morgan fingerprint density at radius 3 is 2.71 bits per heavy atom. The topological polar surface area (TPSA) is 45.6 Å². The lowest BCUT2D eigenvalue weighted by atomic mass is 9.94. The van der Waals surface area contributed by atoms with Crippen LogP contribution >= 0.6 is 11.8 Å². The van der Waals surface area contributed by atoms with Crippen LogP contribution in [0.25, 0.3) is 6.08 Å². The largest absolute Gasteiger partial charge is 0.283 e. The number of amides is 1. The van der Waals surface area contributed by atoms with E-state index in [9.17, 15) is 9.18 Å². The molecular weight excluding hydrogens is 373 g/mol. The molecule has 6 heteroatoms. The molecular formula is C22H22FN3OS. The van der Waals surface area contributed by atoms with Gasteiger partial charge in [-0.2, -0.15) is 0 Å². The number of halogens is 1. The molecule has 0 radical (unpaired) electrons. The van der Waals surface area contributed by atoms with E-state index in [-0.39, 0.29) is 17.8 Å². The molecule has 0 atom stereocenters. The molecule has 0 N–H and O–H groups in total. The van der Waals surface area contributed by atoms with Gasteiger partial charge in [0.1, 0.15) is 5.82 Å². The molecule has 144 valence electrons. The van der Waals surface area contributed by atoms with E-state index in [1.807, 2.05) is 30.0 Å². The van der Waals surface area contributed by atoms with Gasteiger partial charge < -0.3 is 0 Å². The predicted molar refractivity (Wildman–Crippen MR) is 112 cm³/mol. The van der Waals surface area contributed by atoms with Gasteiger partial charge in [-0.15, -0.1) is 0 Å². The molecule has 1 aromatic carbocycles. The van der Waals surface area contributed by atoms with Gasteiger partial charge in [-0.1, -0.05) is 37.5 Å². The summed E-state index contributed by atoms with van der Waals surface area (Å²) in [7, 11) is 0. The zero-order chi connectivity index (χ0) is 19.5. The molecule has 0 bridgehead atoms. The maximum atomic E-state index is 13.5. The lowest BCUT2D eigenvalue weighted by molar-refractivity contribution is -0.124. The smallest absolute Gasteiger partial charge is 0.267 e. The number of hydrogen-bond acceptors (Lipinski definition) is 4. The van der Waals surface area contributed by atoms with Gasteiger partial charge in [0, 0.05) is 11.7 Å². The predicted octanol–water partition coefficient (Wildman–Crippen LogP) is 5.47. The van der Waals surface area contributed by atoms with Crippen LogP contribution in [0, 0.1) is 12.7 Å². The van der Waals surface area contributed by atoms with Crippen molar-refractivity contribution in [2.45, 2.75) is 45.1 Å². The van der Waals surface area contributed by atoms with Crippen LogP contribution in [0.3, 0.4) is 0 Å². The summed E-state index contributed by atoms with van der Waals surface area (Å²) in [5.74, 6) is 0.238. The molecule has 2 heterocycles. The normalized spacial score (nSPS) is 21.1. The molecule has 2 aromatic rings. The lowest BCUT2D eigenvalue weighted by Gasteiger charge is -2.30. The van der Waals surface area contributed by atoms with Gasteiger partial charge in [0.25, 0.3) is 5.91 Å². The number of aryl methyl sites for hydroxylation is 1. The summed E-state index contributed by atoms with van der Waals surface area (Å²) in [6.07, 6.45) is 7.18. The average Bonchev–Trinajstić information content (AvgIpc) is 2.97. The van der Waals surface area contributed by atoms with Crippen molar-refractivity contribution in [3.63, 3.8) is 0 Å². The van der Waals surface area contributed by atoms with Crippen molar-refractivity contribution in [2.24, 2.45) is 4.99 Å². The third-order valence-electron chi connectivity index (χ3n) is 5.01. The van der Waals surface area contributed by atoms with Gasteiger partial charge in [0.05, 0.1) is 4.91 Å². The van der Waals surface area contributed by atoms with Crippen LogP contribution in [0.5, 0.6) is 0 Å². The molecule has 1 aliphatic heterocycles. The van der Waals surface area contributed by atoms with E-state index in [1.165, 1.54) is 30.3 Å². The van der Waals surface area contributed by atoms with Gasteiger partial charge >= 0.3 is 0 Å². The number of nitrogens with zero attached hydrogens (tertiary/aromatic N) is 3. The summed E-state index contributed by atoms with van der Waals surface area (Å²) in [5.41, 5.74) is 1.56. The fourth-order valence-electron chi connectivity index (χ4n) is 3.66. The average molecular weight is 396 g/mol. The number of benzene rings is 1. The molecule has 0 unspecified atom stereocenters. The van der Waals surface area contributed by atoms with Crippen molar-refractivity contribution in [1.29, 1.82) is 0 Å². The van der Waals surface area contributed by atoms with Crippen LogP contribution in [0.1, 0.15) is 43.4 Å². The second-order valence-electron chi connectivity index (χ2n) is 7.16. The summed E-state index contributed by atoms with van der Waals surface area (Å²) < 4.78 is 13.5. The van der Waals surface area contributed by atoms with E-state index in [2.05, 4.69) is 4.98 Å². The van der Waals surface area contributed by atoms with Gasteiger partial charge in [-0.3, -0.25) is 9.69 Å². The minimum absolute atomic E-state index is 0.0486. The zero-order valence-corrected chi connectivity index (χ0v) is 16.6. The Morgan fingerprint density at radius 1 is 1.18 bits per heavy atom. The Kier molecular flexibility index (Phi) is 5.57. The fourth-order valence-corrected chi connectivity index (χ4v) is 4.71. The van der Waals surface area contributed by atoms with Crippen molar-refractivity contribution in [1.82, 2.24) is 9.88 Å². The fraction of sp³-hybridized carbons (Fsp3) is 0.318. The molecule has 2 aliphatic rings. The molecule has 1 saturated carbocycles. The van der Waals surface area contributed by atoms with Crippen LogP contribution in [-0.4, -0.2) is 27.0 Å². The maximum Gasteiger partial charge on any atom is 0.267 e. The van der Waals surface area contributed by atoms with Gasteiger partial charge in [-0.05, 0) is 67.4 Å². The monoisotopic (exact) mass is 395 g/mol. The molecule has 2 fully saturated rings. The molecule has 4 nitrogen and oxygen atoms in total. The van der Waals surface area contributed by atoms with E-state index in [1.54, 1.807) is 18.2 Å². The first-order chi connectivity index (χ1) is 13.6. The van der Waals surface area contributed by atoms with Crippen molar-refractivity contribution >= 4 is 34.7 Å². The summed E-state index contributed by atoms with van der Waals surface area (Å²) in [5, 5.41) is 0.664. The van der Waals surface area contributed by atoms with Crippen LogP contribution in [0.2, 0.25) is 0 Å². The first-order valence-electron chi connectivity index (χ1n) is 9.61. The summed E-state index contributed by atoms with van der Waals surface area (Å²) >= 11 is 1.35. The number of aromatic nitrogens is 1. The van der Waals surface area contributed by atoms with Gasteiger partial charge in [0.2, 0.25) is 0 Å². The molecule has 1 aliphatic carbocycles. The Hall–Kier alpha value is -2.47.